The first kappa shape index (κ1) is 12.3. The zero-order chi connectivity index (χ0) is 13.1. The number of aromatic nitrogens is 2. The maximum absolute atomic E-state index is 4.53. The standard InChI is InChI=1S/C14H10BrN3S/c15-10-4-6-11(7-5-10)17-14-18-13(9-19-14)12-3-1-2-8-16-12/h1-9H,(H,17,18). The number of nitrogens with zero attached hydrogens (tertiary/aromatic N) is 2. The summed E-state index contributed by atoms with van der Waals surface area (Å²) in [4.78, 5) is 8.82. The van der Waals surface area contributed by atoms with Crippen LogP contribution in [-0.2, 0) is 0 Å². The highest BCUT2D eigenvalue weighted by atomic mass is 79.9. The lowest BCUT2D eigenvalue weighted by Crippen LogP contribution is -1.89. The minimum atomic E-state index is 0.864. The maximum atomic E-state index is 4.53. The summed E-state index contributed by atoms with van der Waals surface area (Å²) in [5.74, 6) is 0. The average Bonchev–Trinajstić information content (AvgIpc) is 2.91. The maximum Gasteiger partial charge on any atom is 0.187 e. The van der Waals surface area contributed by atoms with Crippen LogP contribution in [0.5, 0.6) is 0 Å². The number of pyridine rings is 1. The van der Waals surface area contributed by atoms with Crippen molar-refractivity contribution in [2.75, 3.05) is 5.32 Å². The molecule has 2 aromatic heterocycles. The van der Waals surface area contributed by atoms with Gasteiger partial charge in [-0.25, -0.2) is 4.98 Å². The van der Waals surface area contributed by atoms with Gasteiger partial charge >= 0.3 is 0 Å². The van der Waals surface area contributed by atoms with Gasteiger partial charge in [-0.3, -0.25) is 4.98 Å². The van der Waals surface area contributed by atoms with E-state index in [1.165, 1.54) is 0 Å². The summed E-state index contributed by atoms with van der Waals surface area (Å²) in [6, 6.07) is 13.8. The summed E-state index contributed by atoms with van der Waals surface area (Å²) in [5.41, 5.74) is 2.80. The van der Waals surface area contributed by atoms with E-state index in [1.807, 2.05) is 47.8 Å². The molecule has 3 rings (SSSR count). The first-order valence-electron chi connectivity index (χ1n) is 5.71. The number of thiazole rings is 1. The van der Waals surface area contributed by atoms with Crippen LogP contribution < -0.4 is 5.32 Å². The lowest BCUT2D eigenvalue weighted by molar-refractivity contribution is 1.28. The van der Waals surface area contributed by atoms with Crippen LogP contribution in [0.1, 0.15) is 0 Å². The van der Waals surface area contributed by atoms with Gasteiger partial charge in [0.15, 0.2) is 5.13 Å². The Morgan fingerprint density at radius 2 is 1.84 bits per heavy atom. The number of hydrogen-bond acceptors (Lipinski definition) is 4. The number of anilines is 2. The Kier molecular flexibility index (Phi) is 3.57. The van der Waals surface area contributed by atoms with Crippen LogP contribution in [0.3, 0.4) is 0 Å². The van der Waals surface area contributed by atoms with Gasteiger partial charge in [0, 0.05) is 21.7 Å². The fraction of sp³-hybridized carbons (Fsp3) is 0. The summed E-state index contributed by atoms with van der Waals surface area (Å²) in [6.45, 7) is 0. The number of benzene rings is 1. The molecule has 1 N–H and O–H groups in total. The van der Waals surface area contributed by atoms with Crippen LogP contribution in [0.25, 0.3) is 11.4 Å². The Bertz CT molecular complexity index is 665. The van der Waals surface area contributed by atoms with Gasteiger partial charge in [-0.15, -0.1) is 11.3 Å². The van der Waals surface area contributed by atoms with E-state index in [-0.39, 0.29) is 0 Å². The van der Waals surface area contributed by atoms with Crippen LogP contribution in [-0.4, -0.2) is 9.97 Å². The smallest absolute Gasteiger partial charge is 0.187 e. The van der Waals surface area contributed by atoms with Crippen molar-refractivity contribution in [2.45, 2.75) is 0 Å². The Morgan fingerprint density at radius 3 is 2.58 bits per heavy atom. The summed E-state index contributed by atoms with van der Waals surface area (Å²) in [7, 11) is 0. The van der Waals surface area contributed by atoms with Gasteiger partial charge in [0.2, 0.25) is 0 Å². The second-order valence-electron chi connectivity index (χ2n) is 3.88. The van der Waals surface area contributed by atoms with Crippen LogP contribution in [0.4, 0.5) is 10.8 Å². The lowest BCUT2D eigenvalue weighted by atomic mass is 10.3. The van der Waals surface area contributed by atoms with E-state index in [4.69, 9.17) is 0 Å². The molecule has 19 heavy (non-hydrogen) atoms. The molecular formula is C14H10BrN3S. The predicted molar refractivity (Wildman–Crippen MR) is 82.8 cm³/mol. The van der Waals surface area contributed by atoms with Gasteiger partial charge < -0.3 is 5.32 Å². The fourth-order valence-electron chi connectivity index (χ4n) is 1.62. The Hall–Kier alpha value is -1.72. The fourth-order valence-corrected chi connectivity index (χ4v) is 2.61. The molecule has 0 bridgehead atoms. The Labute approximate surface area is 123 Å². The molecule has 0 aliphatic carbocycles. The highest BCUT2D eigenvalue weighted by Crippen LogP contribution is 2.26. The minimum absolute atomic E-state index is 0.864. The van der Waals surface area contributed by atoms with E-state index in [0.717, 1.165) is 26.7 Å². The number of nitrogens with one attached hydrogen (secondary N) is 1. The molecule has 3 aromatic rings. The Morgan fingerprint density at radius 1 is 1.00 bits per heavy atom. The molecule has 3 nitrogen and oxygen atoms in total. The van der Waals surface area contributed by atoms with Gasteiger partial charge in [0.1, 0.15) is 5.69 Å². The van der Waals surface area contributed by atoms with E-state index >= 15 is 0 Å². The van der Waals surface area contributed by atoms with E-state index in [1.54, 1.807) is 17.5 Å². The van der Waals surface area contributed by atoms with E-state index < -0.39 is 0 Å². The quantitative estimate of drug-likeness (QED) is 0.755. The predicted octanol–water partition coefficient (Wildman–Crippen LogP) is 4.71. The number of rotatable bonds is 3. The van der Waals surface area contributed by atoms with Gasteiger partial charge in [0.05, 0.1) is 5.69 Å². The molecule has 0 radical (unpaired) electrons. The highest BCUT2D eigenvalue weighted by molar-refractivity contribution is 9.10. The molecule has 2 heterocycles. The van der Waals surface area contributed by atoms with E-state index in [9.17, 15) is 0 Å². The monoisotopic (exact) mass is 331 g/mol. The summed E-state index contributed by atoms with van der Waals surface area (Å²) in [6.07, 6.45) is 1.77. The number of hydrogen-bond donors (Lipinski definition) is 1. The molecule has 0 spiro atoms. The first-order chi connectivity index (χ1) is 9.31. The molecule has 0 aliphatic heterocycles. The van der Waals surface area contributed by atoms with Gasteiger partial charge in [-0.05, 0) is 36.4 Å². The third kappa shape index (κ3) is 3.00. The normalized spacial score (nSPS) is 10.4. The van der Waals surface area contributed by atoms with Crippen LogP contribution in [0.2, 0.25) is 0 Å². The largest absolute Gasteiger partial charge is 0.332 e. The number of halogens is 1. The van der Waals surface area contributed by atoms with Gasteiger partial charge in [-0.2, -0.15) is 0 Å². The Balaban J connectivity index is 1.80. The molecule has 0 amide bonds. The van der Waals surface area contributed by atoms with Crippen molar-refractivity contribution in [3.05, 3.63) is 58.5 Å². The van der Waals surface area contributed by atoms with Crippen molar-refractivity contribution in [1.29, 1.82) is 0 Å². The molecule has 0 atom stereocenters. The zero-order valence-corrected chi connectivity index (χ0v) is 12.3. The second-order valence-corrected chi connectivity index (χ2v) is 5.66. The zero-order valence-electron chi connectivity index (χ0n) is 9.88. The molecule has 0 unspecified atom stereocenters. The van der Waals surface area contributed by atoms with Crippen molar-refractivity contribution in [1.82, 2.24) is 9.97 Å². The average molecular weight is 332 g/mol. The van der Waals surface area contributed by atoms with Crippen molar-refractivity contribution < 1.29 is 0 Å². The first-order valence-corrected chi connectivity index (χ1v) is 7.38. The van der Waals surface area contributed by atoms with E-state index in [2.05, 4.69) is 31.2 Å². The van der Waals surface area contributed by atoms with Crippen molar-refractivity contribution in [3.63, 3.8) is 0 Å². The SMILES string of the molecule is Brc1ccc(Nc2nc(-c3ccccn3)cs2)cc1. The minimum Gasteiger partial charge on any atom is -0.332 e. The highest BCUT2D eigenvalue weighted by Gasteiger charge is 2.05. The molecule has 0 fully saturated rings. The summed E-state index contributed by atoms with van der Waals surface area (Å²) < 4.78 is 1.06. The molecule has 0 saturated carbocycles. The molecule has 0 saturated heterocycles. The topological polar surface area (TPSA) is 37.8 Å². The van der Waals surface area contributed by atoms with Crippen LogP contribution in [0.15, 0.2) is 58.5 Å². The van der Waals surface area contributed by atoms with E-state index in [0.29, 0.717) is 0 Å². The van der Waals surface area contributed by atoms with Crippen molar-refractivity contribution >= 4 is 38.1 Å². The molecule has 1 aromatic carbocycles. The second kappa shape index (κ2) is 5.50. The lowest BCUT2D eigenvalue weighted by Gasteiger charge is -2.01. The molecule has 0 aliphatic rings. The van der Waals surface area contributed by atoms with Gasteiger partial charge in [-0.1, -0.05) is 22.0 Å². The van der Waals surface area contributed by atoms with Crippen LogP contribution in [0, 0.1) is 0 Å². The molecule has 94 valence electrons. The summed E-state index contributed by atoms with van der Waals surface area (Å²) >= 11 is 4.99. The van der Waals surface area contributed by atoms with Crippen molar-refractivity contribution in [2.24, 2.45) is 0 Å². The third-order valence-electron chi connectivity index (χ3n) is 2.53. The molecular weight excluding hydrogens is 322 g/mol. The summed E-state index contributed by atoms with van der Waals surface area (Å²) in [5, 5.41) is 6.15. The molecule has 5 heteroatoms. The van der Waals surface area contributed by atoms with Crippen molar-refractivity contribution in [3.8, 4) is 11.4 Å². The third-order valence-corrected chi connectivity index (χ3v) is 3.81. The van der Waals surface area contributed by atoms with Gasteiger partial charge in [0.25, 0.3) is 0 Å². The van der Waals surface area contributed by atoms with Crippen LogP contribution >= 0.6 is 27.3 Å².